The second-order valence-electron chi connectivity index (χ2n) is 8.03. The van der Waals surface area contributed by atoms with Gasteiger partial charge in [-0.3, -0.25) is 0 Å². The van der Waals surface area contributed by atoms with Crippen LogP contribution in [0.25, 0.3) is 0 Å². The van der Waals surface area contributed by atoms with E-state index in [2.05, 4.69) is 0 Å². The number of benzene rings is 2. The molecule has 7 nitrogen and oxygen atoms in total. The third kappa shape index (κ3) is 5.41. The second-order valence-corrected chi connectivity index (χ2v) is 9.93. The van der Waals surface area contributed by atoms with E-state index in [1.807, 2.05) is 0 Å². The molecule has 196 valence electrons. The number of aliphatic hydroxyl groups is 2. The molecule has 2 aromatic carbocycles. The van der Waals surface area contributed by atoms with Gasteiger partial charge in [0.05, 0.1) is 34.8 Å². The molecule has 0 unspecified atom stereocenters. The largest absolute Gasteiger partial charge is 0.493 e. The van der Waals surface area contributed by atoms with Crippen LogP contribution in [-0.4, -0.2) is 54.8 Å². The van der Waals surface area contributed by atoms with E-state index in [0.29, 0.717) is 34.6 Å². The molecule has 1 aliphatic heterocycles. The number of halogens is 7. The molecule has 0 amide bonds. The molecule has 15 heteroatoms. The average molecular weight is 542 g/mol. The van der Waals surface area contributed by atoms with Crippen molar-refractivity contribution in [3.8, 4) is 11.8 Å². The van der Waals surface area contributed by atoms with Crippen LogP contribution in [0.15, 0.2) is 41.3 Å². The van der Waals surface area contributed by atoms with Gasteiger partial charge in [0.15, 0.2) is 0 Å². The van der Waals surface area contributed by atoms with Crippen molar-refractivity contribution in [1.82, 2.24) is 4.31 Å². The molecule has 1 fully saturated rings. The molecule has 2 N–H and O–H groups in total. The Hall–Kier alpha value is -2.93. The molecule has 3 rings (SSSR count). The molecule has 0 aromatic heterocycles. The summed E-state index contributed by atoms with van der Waals surface area (Å²) in [5, 5.41) is 29.6. The fourth-order valence-electron chi connectivity index (χ4n) is 3.65. The van der Waals surface area contributed by atoms with Gasteiger partial charge in [-0.05, 0) is 36.4 Å². The number of alkyl halides is 6. The molecule has 0 spiro atoms. The molecular weight excluding hydrogens is 525 g/mol. The summed E-state index contributed by atoms with van der Waals surface area (Å²) in [6.07, 6.45) is -9.86. The van der Waals surface area contributed by atoms with Gasteiger partial charge < -0.3 is 14.9 Å². The summed E-state index contributed by atoms with van der Waals surface area (Å²) < 4.78 is 123. The molecule has 2 aromatic rings. The number of ether oxygens (including phenoxy) is 1. The van der Waals surface area contributed by atoms with Crippen molar-refractivity contribution in [1.29, 1.82) is 5.26 Å². The van der Waals surface area contributed by atoms with E-state index in [-0.39, 0.29) is 0 Å². The highest BCUT2D eigenvalue weighted by Gasteiger charge is 2.50. The van der Waals surface area contributed by atoms with E-state index in [1.54, 1.807) is 0 Å². The number of sulfonamides is 1. The molecular formula is C21H17F7N2O5S. The second kappa shape index (κ2) is 9.51. The number of aliphatic hydroxyl groups excluding tert-OH is 1. The fourth-order valence-corrected chi connectivity index (χ4v) is 5.32. The van der Waals surface area contributed by atoms with E-state index in [9.17, 15) is 54.6 Å². The highest BCUT2D eigenvalue weighted by atomic mass is 32.2. The number of hydrogen-bond donors (Lipinski definition) is 2. The van der Waals surface area contributed by atoms with Crippen LogP contribution in [0.5, 0.6) is 5.75 Å². The van der Waals surface area contributed by atoms with E-state index in [4.69, 9.17) is 4.74 Å². The number of rotatable bonds is 6. The van der Waals surface area contributed by atoms with Crippen molar-refractivity contribution in [3.63, 3.8) is 0 Å². The van der Waals surface area contributed by atoms with Crippen LogP contribution in [0.1, 0.15) is 16.7 Å². The first kappa shape index (κ1) is 27.7. The Morgan fingerprint density at radius 3 is 2.33 bits per heavy atom. The van der Waals surface area contributed by atoms with Crippen LogP contribution in [0.2, 0.25) is 0 Å². The lowest BCUT2D eigenvalue weighted by Crippen LogP contribution is -2.44. The normalized spacial score (nSPS) is 21.4. The third-order valence-electron chi connectivity index (χ3n) is 5.65. The summed E-state index contributed by atoms with van der Waals surface area (Å²) in [6, 6.07) is 4.57. The smallest absolute Gasteiger partial charge is 0.419 e. The Balaban J connectivity index is 1.86. The summed E-state index contributed by atoms with van der Waals surface area (Å²) in [7, 11) is -4.65. The molecule has 0 bridgehead atoms. The van der Waals surface area contributed by atoms with Gasteiger partial charge in [-0.25, -0.2) is 12.8 Å². The van der Waals surface area contributed by atoms with Crippen LogP contribution in [0.3, 0.4) is 0 Å². The number of nitrogens with zero attached hydrogens (tertiary/aromatic N) is 2. The van der Waals surface area contributed by atoms with Crippen LogP contribution in [0.4, 0.5) is 30.7 Å². The van der Waals surface area contributed by atoms with Crippen molar-refractivity contribution >= 4 is 10.0 Å². The van der Waals surface area contributed by atoms with Gasteiger partial charge in [0.1, 0.15) is 23.2 Å². The average Bonchev–Trinajstić information content (AvgIpc) is 3.14. The molecule has 0 aliphatic carbocycles. The molecule has 1 heterocycles. The van der Waals surface area contributed by atoms with Gasteiger partial charge in [-0.15, -0.1) is 0 Å². The van der Waals surface area contributed by atoms with Crippen LogP contribution >= 0.6 is 0 Å². The Morgan fingerprint density at radius 2 is 1.78 bits per heavy atom. The molecule has 0 radical (unpaired) electrons. The van der Waals surface area contributed by atoms with Crippen molar-refractivity contribution < 1.29 is 54.1 Å². The highest BCUT2D eigenvalue weighted by molar-refractivity contribution is 7.89. The summed E-state index contributed by atoms with van der Waals surface area (Å²) in [4.78, 5) is -0.770. The van der Waals surface area contributed by atoms with Gasteiger partial charge in [0.2, 0.25) is 10.0 Å². The maximum atomic E-state index is 13.5. The first-order valence-corrected chi connectivity index (χ1v) is 11.4. The van der Waals surface area contributed by atoms with Crippen LogP contribution < -0.4 is 4.74 Å². The maximum Gasteiger partial charge on any atom is 0.419 e. The van der Waals surface area contributed by atoms with Gasteiger partial charge in [0.25, 0.3) is 0 Å². The molecule has 1 aliphatic rings. The number of hydrogen-bond acceptors (Lipinski definition) is 6. The standard InChI is InChI=1S/C21H17F7N2O5S/c22-17-3-2-15(6-16(17)21(26,27)28)35-9-14-8-30(10-19(14,32)11-31)36(33,34)18-4-1-13(20(23,24)25)5-12(18)7-29/h1-6,14,31-32H,8-11H2/t14-,19-/m1/s1. The minimum absolute atomic E-state index is 0.356. The van der Waals surface area contributed by atoms with Gasteiger partial charge >= 0.3 is 12.4 Å². The summed E-state index contributed by atoms with van der Waals surface area (Å²) >= 11 is 0. The van der Waals surface area contributed by atoms with Crippen LogP contribution in [-0.2, 0) is 22.4 Å². The minimum atomic E-state index is -5.02. The fraction of sp³-hybridized carbons (Fsp3) is 0.381. The summed E-state index contributed by atoms with van der Waals surface area (Å²) in [5.41, 5.74) is -5.81. The zero-order valence-corrected chi connectivity index (χ0v) is 18.8. The SMILES string of the molecule is N#Cc1cc(C(F)(F)F)ccc1S(=O)(=O)N1C[C@H](COc2ccc(F)c(C(F)(F)F)c2)[C@](O)(CO)C1. The van der Waals surface area contributed by atoms with Gasteiger partial charge in [-0.2, -0.15) is 35.9 Å². The minimum Gasteiger partial charge on any atom is -0.493 e. The van der Waals surface area contributed by atoms with Crippen molar-refractivity contribution in [3.05, 3.63) is 58.9 Å². The topological polar surface area (TPSA) is 111 Å². The maximum absolute atomic E-state index is 13.5. The quantitative estimate of drug-likeness (QED) is 0.543. The molecule has 36 heavy (non-hydrogen) atoms. The molecule has 1 saturated heterocycles. The summed E-state index contributed by atoms with van der Waals surface area (Å²) in [5.74, 6) is -3.21. The van der Waals surface area contributed by atoms with E-state index in [0.717, 1.165) is 6.07 Å². The van der Waals surface area contributed by atoms with E-state index < -0.39 is 93.4 Å². The monoisotopic (exact) mass is 542 g/mol. The predicted octanol–water partition coefficient (Wildman–Crippen LogP) is 3.16. The van der Waals surface area contributed by atoms with E-state index >= 15 is 0 Å². The molecule has 2 atom stereocenters. The van der Waals surface area contributed by atoms with E-state index in [1.165, 1.54) is 6.07 Å². The summed E-state index contributed by atoms with van der Waals surface area (Å²) in [6.45, 7) is -2.91. The van der Waals surface area contributed by atoms with Crippen molar-refractivity contribution in [2.45, 2.75) is 22.8 Å². The Morgan fingerprint density at radius 1 is 1.11 bits per heavy atom. The number of nitriles is 1. The number of β-amino-alcohol motifs (C(OH)–C–C–N with tert-alkyl or cyclic N) is 1. The lowest BCUT2D eigenvalue weighted by molar-refractivity contribution is -0.140. The first-order valence-electron chi connectivity index (χ1n) is 9.97. The van der Waals surface area contributed by atoms with Crippen molar-refractivity contribution in [2.75, 3.05) is 26.3 Å². The van der Waals surface area contributed by atoms with Gasteiger partial charge in [-0.1, -0.05) is 0 Å². The first-order chi connectivity index (χ1) is 16.5. The van der Waals surface area contributed by atoms with Gasteiger partial charge in [0, 0.05) is 19.0 Å². The zero-order chi connectivity index (χ0) is 27.1. The lowest BCUT2D eigenvalue weighted by Gasteiger charge is -2.26. The Bertz CT molecular complexity index is 1290. The zero-order valence-electron chi connectivity index (χ0n) is 17.9. The Kier molecular flexibility index (Phi) is 7.30. The Labute approximate surface area is 200 Å². The third-order valence-corrected chi connectivity index (χ3v) is 7.52. The highest BCUT2D eigenvalue weighted by Crippen LogP contribution is 2.37. The lowest BCUT2D eigenvalue weighted by atomic mass is 9.92. The molecule has 0 saturated carbocycles. The van der Waals surface area contributed by atoms with Crippen molar-refractivity contribution in [2.24, 2.45) is 5.92 Å². The predicted molar refractivity (Wildman–Crippen MR) is 107 cm³/mol. The van der Waals surface area contributed by atoms with Crippen LogP contribution in [0, 0.1) is 23.1 Å².